The Morgan fingerprint density at radius 1 is 1.35 bits per heavy atom. The molecule has 0 aliphatic heterocycles. The van der Waals surface area contributed by atoms with E-state index < -0.39 is 0 Å². The molecule has 0 saturated carbocycles. The quantitative estimate of drug-likeness (QED) is 0.763. The third kappa shape index (κ3) is 2.02. The second-order valence-corrected chi connectivity index (χ2v) is 3.97. The van der Waals surface area contributed by atoms with Crippen LogP contribution >= 0.6 is 0 Å². The number of hydrogen-bond donors (Lipinski definition) is 0. The van der Waals surface area contributed by atoms with Crippen molar-refractivity contribution in [2.45, 2.75) is 33.2 Å². The number of oxazole rings is 1. The maximum Gasteiger partial charge on any atom is 0.419 e. The van der Waals surface area contributed by atoms with Gasteiger partial charge < -0.3 is 4.42 Å². The largest absolute Gasteiger partial charge is 0.419 e. The lowest BCUT2D eigenvalue weighted by atomic mass is 10.1. The van der Waals surface area contributed by atoms with Gasteiger partial charge in [0.2, 0.25) is 0 Å². The molecule has 2 rings (SSSR count). The number of benzene rings is 1. The van der Waals surface area contributed by atoms with E-state index in [2.05, 4.69) is 0 Å². The third-order valence-corrected chi connectivity index (χ3v) is 2.78. The first-order chi connectivity index (χ1) is 8.17. The number of aryl methyl sites for hydroxylation is 1. The summed E-state index contributed by atoms with van der Waals surface area (Å²) in [6.07, 6.45) is 1.33. The molecule has 17 heavy (non-hydrogen) atoms. The Hall–Kier alpha value is -1.84. The van der Waals surface area contributed by atoms with Gasteiger partial charge in [0.15, 0.2) is 11.4 Å². The summed E-state index contributed by atoms with van der Waals surface area (Å²) in [6.45, 7) is 4.41. The summed E-state index contributed by atoms with van der Waals surface area (Å²) in [5.74, 6) is -0.288. The van der Waals surface area contributed by atoms with Gasteiger partial charge in [-0.2, -0.15) is 0 Å². The van der Waals surface area contributed by atoms with Crippen molar-refractivity contribution in [3.63, 3.8) is 0 Å². The molecule has 4 nitrogen and oxygen atoms in total. The standard InChI is InChI=1S/C13H15NO3/c1-3-5-11(15)9-6-7-10-12(8-9)17-13(16)14(10)4-2/h6-8H,3-5H2,1-2H3. The second kappa shape index (κ2) is 4.57. The highest BCUT2D eigenvalue weighted by Gasteiger charge is 2.11. The molecule has 1 heterocycles. The topological polar surface area (TPSA) is 52.2 Å². The monoisotopic (exact) mass is 233 g/mol. The van der Waals surface area contributed by atoms with Crippen molar-refractivity contribution in [2.24, 2.45) is 0 Å². The van der Waals surface area contributed by atoms with Gasteiger partial charge in [-0.25, -0.2) is 4.79 Å². The lowest BCUT2D eigenvalue weighted by Gasteiger charge is -1.99. The van der Waals surface area contributed by atoms with E-state index in [1.165, 1.54) is 0 Å². The van der Waals surface area contributed by atoms with Crippen LogP contribution < -0.4 is 5.76 Å². The lowest BCUT2D eigenvalue weighted by Crippen LogP contribution is -2.11. The van der Waals surface area contributed by atoms with Crippen LogP contribution in [-0.4, -0.2) is 10.4 Å². The van der Waals surface area contributed by atoms with Gasteiger partial charge in [-0.3, -0.25) is 9.36 Å². The Morgan fingerprint density at radius 3 is 2.76 bits per heavy atom. The Balaban J connectivity index is 2.52. The first kappa shape index (κ1) is 11.6. The SMILES string of the molecule is CCCC(=O)c1ccc2c(c1)oc(=O)n2CC. The summed E-state index contributed by atoms with van der Waals surface area (Å²) in [5, 5.41) is 0. The van der Waals surface area contributed by atoms with E-state index in [1.807, 2.05) is 13.8 Å². The number of carbonyl (C=O) groups excluding carboxylic acids is 1. The van der Waals surface area contributed by atoms with E-state index in [9.17, 15) is 9.59 Å². The predicted molar refractivity (Wildman–Crippen MR) is 65.4 cm³/mol. The van der Waals surface area contributed by atoms with Crippen LogP contribution in [0.25, 0.3) is 11.1 Å². The van der Waals surface area contributed by atoms with Gasteiger partial charge in [-0.1, -0.05) is 6.92 Å². The summed E-state index contributed by atoms with van der Waals surface area (Å²) >= 11 is 0. The van der Waals surface area contributed by atoms with Crippen molar-refractivity contribution in [1.82, 2.24) is 4.57 Å². The average Bonchev–Trinajstić information content (AvgIpc) is 2.63. The van der Waals surface area contributed by atoms with E-state index in [1.54, 1.807) is 22.8 Å². The number of rotatable bonds is 4. The van der Waals surface area contributed by atoms with Gasteiger partial charge in [-0.15, -0.1) is 0 Å². The molecule has 0 aliphatic rings. The average molecular weight is 233 g/mol. The number of hydrogen-bond acceptors (Lipinski definition) is 3. The molecule has 0 fully saturated rings. The van der Waals surface area contributed by atoms with Gasteiger partial charge in [0.1, 0.15) is 0 Å². The van der Waals surface area contributed by atoms with Crippen LogP contribution in [0.3, 0.4) is 0 Å². The van der Waals surface area contributed by atoms with E-state index >= 15 is 0 Å². The zero-order valence-corrected chi connectivity index (χ0v) is 10.0. The fraction of sp³-hybridized carbons (Fsp3) is 0.385. The van der Waals surface area contributed by atoms with Gasteiger partial charge >= 0.3 is 5.76 Å². The molecule has 1 aromatic carbocycles. The summed E-state index contributed by atoms with van der Waals surface area (Å²) in [4.78, 5) is 23.2. The molecule has 0 amide bonds. The number of Topliss-reactive ketones (excluding diaryl/α,β-unsaturated/α-hetero) is 1. The first-order valence-corrected chi connectivity index (χ1v) is 5.84. The number of aromatic nitrogens is 1. The second-order valence-electron chi connectivity index (χ2n) is 3.97. The van der Waals surface area contributed by atoms with Gasteiger partial charge in [0, 0.05) is 18.5 Å². The van der Waals surface area contributed by atoms with Crippen molar-refractivity contribution in [3.05, 3.63) is 34.3 Å². The smallest absolute Gasteiger partial charge is 0.408 e. The van der Waals surface area contributed by atoms with Crippen molar-refractivity contribution < 1.29 is 9.21 Å². The molecule has 0 unspecified atom stereocenters. The molecule has 0 N–H and O–H groups in total. The molecular formula is C13H15NO3. The fourth-order valence-electron chi connectivity index (χ4n) is 1.91. The molecule has 4 heteroatoms. The highest BCUT2D eigenvalue weighted by Crippen LogP contribution is 2.16. The van der Waals surface area contributed by atoms with Gasteiger partial charge in [0.25, 0.3) is 0 Å². The minimum Gasteiger partial charge on any atom is -0.408 e. The van der Waals surface area contributed by atoms with Crippen LogP contribution in [0.15, 0.2) is 27.4 Å². The molecule has 2 aromatic rings. The minimum atomic E-state index is -0.373. The van der Waals surface area contributed by atoms with Crippen molar-refractivity contribution >= 4 is 16.9 Å². The van der Waals surface area contributed by atoms with Crippen LogP contribution in [0.2, 0.25) is 0 Å². The zero-order valence-electron chi connectivity index (χ0n) is 10.0. The van der Waals surface area contributed by atoms with E-state index in [4.69, 9.17) is 4.42 Å². The zero-order chi connectivity index (χ0) is 12.4. The fourth-order valence-corrected chi connectivity index (χ4v) is 1.91. The Kier molecular flexibility index (Phi) is 3.13. The highest BCUT2D eigenvalue weighted by atomic mass is 16.4. The predicted octanol–water partition coefficient (Wildman–Crippen LogP) is 2.60. The third-order valence-electron chi connectivity index (χ3n) is 2.78. The lowest BCUT2D eigenvalue weighted by molar-refractivity contribution is 0.0982. The Morgan fingerprint density at radius 2 is 2.12 bits per heavy atom. The maximum atomic E-state index is 11.7. The number of carbonyl (C=O) groups is 1. The van der Waals surface area contributed by atoms with Crippen LogP contribution in [0.4, 0.5) is 0 Å². The Labute approximate surface area is 98.8 Å². The molecule has 0 bridgehead atoms. The number of fused-ring (bicyclic) bond motifs is 1. The van der Waals surface area contributed by atoms with Crippen LogP contribution in [0, 0.1) is 0 Å². The van der Waals surface area contributed by atoms with E-state index in [0.29, 0.717) is 24.1 Å². The van der Waals surface area contributed by atoms with E-state index in [-0.39, 0.29) is 11.5 Å². The normalized spacial score (nSPS) is 10.9. The highest BCUT2D eigenvalue weighted by molar-refractivity contribution is 5.98. The molecule has 0 saturated heterocycles. The summed E-state index contributed by atoms with van der Waals surface area (Å²) in [7, 11) is 0. The van der Waals surface area contributed by atoms with Crippen LogP contribution in [0.1, 0.15) is 37.0 Å². The molecule has 0 atom stereocenters. The minimum absolute atomic E-state index is 0.0845. The van der Waals surface area contributed by atoms with Crippen molar-refractivity contribution in [2.75, 3.05) is 0 Å². The van der Waals surface area contributed by atoms with Crippen molar-refractivity contribution in [1.29, 1.82) is 0 Å². The Bertz CT molecular complexity index is 607. The maximum absolute atomic E-state index is 11.7. The molecule has 0 radical (unpaired) electrons. The molecule has 90 valence electrons. The summed E-state index contributed by atoms with van der Waals surface area (Å²) < 4.78 is 6.66. The molecular weight excluding hydrogens is 218 g/mol. The van der Waals surface area contributed by atoms with E-state index in [0.717, 1.165) is 11.9 Å². The van der Waals surface area contributed by atoms with Crippen LogP contribution in [-0.2, 0) is 6.54 Å². The van der Waals surface area contributed by atoms with Crippen LogP contribution in [0.5, 0.6) is 0 Å². The van der Waals surface area contributed by atoms with Crippen molar-refractivity contribution in [3.8, 4) is 0 Å². The summed E-state index contributed by atoms with van der Waals surface area (Å²) in [6, 6.07) is 5.18. The van der Waals surface area contributed by atoms with Gasteiger partial charge in [0.05, 0.1) is 5.52 Å². The molecule has 0 spiro atoms. The molecule has 0 aliphatic carbocycles. The molecule has 1 aromatic heterocycles. The first-order valence-electron chi connectivity index (χ1n) is 5.84. The number of ketones is 1. The van der Waals surface area contributed by atoms with Gasteiger partial charge in [-0.05, 0) is 31.5 Å². The number of nitrogens with zero attached hydrogens (tertiary/aromatic N) is 1. The summed E-state index contributed by atoms with van der Waals surface area (Å²) in [5.41, 5.74) is 1.83.